The van der Waals surface area contributed by atoms with Gasteiger partial charge in [0.05, 0.1) is 11.6 Å². The van der Waals surface area contributed by atoms with E-state index in [0.29, 0.717) is 23.2 Å². The largest absolute Gasteiger partial charge is 0.296 e. The van der Waals surface area contributed by atoms with Gasteiger partial charge in [0, 0.05) is 16.5 Å². The van der Waals surface area contributed by atoms with Crippen molar-refractivity contribution < 1.29 is 4.79 Å². The maximum atomic E-state index is 12.3. The molecule has 0 radical (unpaired) electrons. The zero-order valence-electron chi connectivity index (χ0n) is 11.7. The summed E-state index contributed by atoms with van der Waals surface area (Å²) in [6.07, 6.45) is 0.962. The van der Waals surface area contributed by atoms with E-state index in [2.05, 4.69) is 29.3 Å². The van der Waals surface area contributed by atoms with Crippen molar-refractivity contribution in [2.75, 3.05) is 13.6 Å². The van der Waals surface area contributed by atoms with Gasteiger partial charge in [-0.2, -0.15) is 0 Å². The molecule has 20 heavy (non-hydrogen) atoms. The van der Waals surface area contributed by atoms with Crippen LogP contribution in [0.5, 0.6) is 0 Å². The summed E-state index contributed by atoms with van der Waals surface area (Å²) in [6.45, 7) is 2.52. The molecule has 0 fully saturated rings. The van der Waals surface area contributed by atoms with E-state index in [-0.39, 0.29) is 5.78 Å². The highest BCUT2D eigenvalue weighted by Gasteiger charge is 2.16. The summed E-state index contributed by atoms with van der Waals surface area (Å²) in [7, 11) is 1.98. The molecule has 2 aromatic rings. The van der Waals surface area contributed by atoms with Gasteiger partial charge >= 0.3 is 0 Å². The highest BCUT2D eigenvalue weighted by molar-refractivity contribution is 7.09. The van der Waals surface area contributed by atoms with Crippen LogP contribution in [0, 0.1) is 0 Å². The normalized spacial score (nSPS) is 12.6. The Morgan fingerprint density at radius 3 is 2.70 bits per heavy atom. The zero-order valence-corrected chi connectivity index (χ0v) is 13.2. The molecule has 0 saturated heterocycles. The van der Waals surface area contributed by atoms with E-state index in [4.69, 9.17) is 11.6 Å². The zero-order chi connectivity index (χ0) is 14.5. The number of ketones is 1. The second-order valence-electron chi connectivity index (χ2n) is 4.95. The number of nitrogens with zero attached hydrogens (tertiary/aromatic N) is 1. The Labute approximate surface area is 129 Å². The molecule has 106 valence electrons. The maximum absolute atomic E-state index is 12.3. The number of hydrogen-bond acceptors (Lipinski definition) is 3. The summed E-state index contributed by atoms with van der Waals surface area (Å²) in [5, 5.41) is 2.61. The van der Waals surface area contributed by atoms with Gasteiger partial charge in [-0.1, -0.05) is 29.8 Å². The molecule has 0 saturated carbocycles. The average Bonchev–Trinajstić information content (AvgIpc) is 2.91. The molecule has 1 aromatic carbocycles. The second-order valence-corrected chi connectivity index (χ2v) is 6.39. The first-order chi connectivity index (χ1) is 9.58. The predicted molar refractivity (Wildman–Crippen MR) is 85.9 cm³/mol. The van der Waals surface area contributed by atoms with Gasteiger partial charge in [-0.25, -0.2) is 0 Å². The van der Waals surface area contributed by atoms with E-state index < -0.39 is 0 Å². The fourth-order valence-corrected chi connectivity index (χ4v) is 3.10. The second kappa shape index (κ2) is 7.02. The van der Waals surface area contributed by atoms with E-state index in [9.17, 15) is 4.79 Å². The number of halogens is 1. The molecular weight excluding hydrogens is 290 g/mol. The van der Waals surface area contributed by atoms with Crippen LogP contribution in [-0.2, 0) is 6.42 Å². The number of carbonyl (C=O) groups excluding carboxylic acids is 1. The molecular formula is C16H18ClNOS. The Morgan fingerprint density at radius 2 is 2.05 bits per heavy atom. The van der Waals surface area contributed by atoms with Crippen molar-refractivity contribution in [3.05, 3.63) is 57.2 Å². The lowest BCUT2D eigenvalue weighted by molar-refractivity contribution is 0.0925. The van der Waals surface area contributed by atoms with Crippen LogP contribution in [-0.4, -0.2) is 30.3 Å². The minimum atomic E-state index is 0.0659. The first kappa shape index (κ1) is 15.2. The van der Waals surface area contributed by atoms with E-state index in [0.717, 1.165) is 6.42 Å². The van der Waals surface area contributed by atoms with Crippen LogP contribution >= 0.6 is 22.9 Å². The van der Waals surface area contributed by atoms with Crippen LogP contribution in [0.1, 0.15) is 22.2 Å². The van der Waals surface area contributed by atoms with Gasteiger partial charge in [-0.05, 0) is 44.0 Å². The van der Waals surface area contributed by atoms with E-state index in [1.54, 1.807) is 23.5 Å². The van der Waals surface area contributed by atoms with Crippen LogP contribution in [0.25, 0.3) is 0 Å². The lowest BCUT2D eigenvalue weighted by Gasteiger charge is -2.23. The molecule has 0 aliphatic carbocycles. The van der Waals surface area contributed by atoms with Gasteiger partial charge in [-0.15, -0.1) is 11.3 Å². The molecule has 2 nitrogen and oxygen atoms in total. The quantitative estimate of drug-likeness (QED) is 0.747. The van der Waals surface area contributed by atoms with E-state index in [1.807, 2.05) is 19.2 Å². The van der Waals surface area contributed by atoms with Crippen LogP contribution in [0.3, 0.4) is 0 Å². The predicted octanol–water partition coefficient (Wildman–Crippen LogP) is 4.15. The molecule has 1 unspecified atom stereocenters. The Balaban J connectivity index is 1.95. The number of rotatable bonds is 6. The van der Waals surface area contributed by atoms with Crippen molar-refractivity contribution in [3.63, 3.8) is 0 Å². The Kier molecular flexibility index (Phi) is 5.35. The highest BCUT2D eigenvalue weighted by Crippen LogP contribution is 2.17. The minimum absolute atomic E-state index is 0.0659. The molecule has 0 aliphatic heterocycles. The molecule has 0 aliphatic rings. The first-order valence-corrected chi connectivity index (χ1v) is 7.84. The SMILES string of the molecule is CC(Cc1cccs1)N(C)CC(=O)c1ccccc1Cl. The first-order valence-electron chi connectivity index (χ1n) is 6.58. The summed E-state index contributed by atoms with van der Waals surface area (Å²) in [5.74, 6) is 0.0659. The number of thiophene rings is 1. The van der Waals surface area contributed by atoms with Crippen LogP contribution in [0.2, 0.25) is 5.02 Å². The Hall–Kier alpha value is -1.16. The van der Waals surface area contributed by atoms with Crippen LogP contribution in [0.4, 0.5) is 0 Å². The molecule has 2 rings (SSSR count). The van der Waals surface area contributed by atoms with Crippen molar-refractivity contribution in [2.45, 2.75) is 19.4 Å². The Bertz CT molecular complexity index is 568. The standard InChI is InChI=1S/C16H18ClNOS/c1-12(10-13-6-5-9-20-13)18(2)11-16(19)14-7-3-4-8-15(14)17/h3-9,12H,10-11H2,1-2H3. The van der Waals surface area contributed by atoms with Gasteiger partial charge in [0.15, 0.2) is 5.78 Å². The summed E-state index contributed by atoms with van der Waals surface area (Å²) in [5.41, 5.74) is 0.601. The molecule has 4 heteroatoms. The molecule has 0 bridgehead atoms. The van der Waals surface area contributed by atoms with Gasteiger partial charge in [0.1, 0.15) is 0 Å². The monoisotopic (exact) mass is 307 g/mol. The number of hydrogen-bond donors (Lipinski definition) is 0. The molecule has 0 N–H and O–H groups in total. The number of benzene rings is 1. The lowest BCUT2D eigenvalue weighted by atomic mass is 10.1. The highest BCUT2D eigenvalue weighted by atomic mass is 35.5. The van der Waals surface area contributed by atoms with Crippen molar-refractivity contribution in [1.29, 1.82) is 0 Å². The summed E-state index contributed by atoms with van der Waals surface area (Å²) >= 11 is 7.81. The topological polar surface area (TPSA) is 20.3 Å². The van der Waals surface area contributed by atoms with Gasteiger partial charge in [0.2, 0.25) is 0 Å². The van der Waals surface area contributed by atoms with Crippen molar-refractivity contribution in [2.24, 2.45) is 0 Å². The van der Waals surface area contributed by atoms with Gasteiger partial charge in [0.25, 0.3) is 0 Å². The van der Waals surface area contributed by atoms with Crippen molar-refractivity contribution in [1.82, 2.24) is 4.90 Å². The third-order valence-corrected chi connectivity index (χ3v) is 4.62. The van der Waals surface area contributed by atoms with Crippen molar-refractivity contribution in [3.8, 4) is 0 Å². The Morgan fingerprint density at radius 1 is 1.30 bits per heavy atom. The molecule has 0 amide bonds. The number of likely N-dealkylation sites (N-methyl/N-ethyl adjacent to an activating group) is 1. The summed E-state index contributed by atoms with van der Waals surface area (Å²) in [4.78, 5) is 15.7. The summed E-state index contributed by atoms with van der Waals surface area (Å²) in [6, 6.07) is 11.7. The smallest absolute Gasteiger partial charge is 0.178 e. The fourth-order valence-electron chi connectivity index (χ4n) is 2.03. The average molecular weight is 308 g/mol. The van der Waals surface area contributed by atoms with E-state index >= 15 is 0 Å². The minimum Gasteiger partial charge on any atom is -0.296 e. The number of carbonyl (C=O) groups is 1. The summed E-state index contributed by atoms with van der Waals surface area (Å²) < 4.78 is 0. The molecule has 0 spiro atoms. The van der Waals surface area contributed by atoms with Gasteiger partial charge in [-0.3, -0.25) is 9.69 Å². The van der Waals surface area contributed by atoms with Gasteiger partial charge < -0.3 is 0 Å². The third-order valence-electron chi connectivity index (χ3n) is 3.40. The van der Waals surface area contributed by atoms with Crippen molar-refractivity contribution >= 4 is 28.7 Å². The fraction of sp³-hybridized carbons (Fsp3) is 0.312. The van der Waals surface area contributed by atoms with Crippen LogP contribution in [0.15, 0.2) is 41.8 Å². The molecule has 1 atom stereocenters. The maximum Gasteiger partial charge on any atom is 0.178 e. The van der Waals surface area contributed by atoms with Crippen LogP contribution < -0.4 is 0 Å². The van der Waals surface area contributed by atoms with E-state index in [1.165, 1.54) is 4.88 Å². The number of Topliss-reactive ketones (excluding diaryl/α,β-unsaturated/α-hetero) is 1. The molecule has 1 aromatic heterocycles. The molecule has 1 heterocycles. The lowest BCUT2D eigenvalue weighted by Crippen LogP contribution is -2.35. The third kappa shape index (κ3) is 3.92.